The molecular weight excluding hydrogens is 266 g/mol. The molecule has 0 amide bonds. The molecule has 3 unspecified atom stereocenters. The van der Waals surface area contributed by atoms with Gasteiger partial charge in [-0.25, -0.2) is 4.21 Å². The van der Waals surface area contributed by atoms with Gasteiger partial charge in [0.2, 0.25) is 0 Å². The van der Waals surface area contributed by atoms with Crippen molar-refractivity contribution in [2.45, 2.75) is 0 Å². The van der Waals surface area contributed by atoms with E-state index in [9.17, 15) is 4.21 Å². The fourth-order valence-electron chi connectivity index (χ4n) is 0. The Balaban J connectivity index is -0.0000000546. The van der Waals surface area contributed by atoms with Crippen molar-refractivity contribution in [3.8, 4) is 0 Å². The summed E-state index contributed by atoms with van der Waals surface area (Å²) >= 11 is -2.02. The summed E-state index contributed by atoms with van der Waals surface area (Å²) < 4.78 is 53.2. The van der Waals surface area contributed by atoms with E-state index < -0.39 is 37.2 Å². The Kier molecular flexibility index (Phi) is 31.5. The Morgan fingerprint density at radius 2 is 1.15 bits per heavy atom. The molecule has 0 aromatic rings. The first-order chi connectivity index (χ1) is 4.91. The molecule has 0 spiro atoms. The van der Waals surface area contributed by atoms with Crippen molar-refractivity contribution >= 4 is 31.3 Å². The number of hydrogen-bond donors (Lipinski definition) is 2. The van der Waals surface area contributed by atoms with E-state index in [0.29, 0.717) is 0 Å². The van der Waals surface area contributed by atoms with Crippen LogP contribution in [0.3, 0.4) is 0 Å². The van der Waals surface area contributed by atoms with Gasteiger partial charge in [0.25, 0.3) is 0 Å². The molecule has 0 aromatic heterocycles. The molecule has 0 aromatic carbocycles. The zero-order valence-electron chi connectivity index (χ0n) is 6.87. The van der Waals surface area contributed by atoms with Gasteiger partial charge in [0.05, 0.1) is 0 Å². The standard InChI is InChI=1S/CH4O3S.2Na.H2O4S2/c2-1-5(3)4;;;1-5(2)6(3)4/h2H,1H2,(H,3,4);;;(H,1,2)(H,3,4)/q;2*+1;/p-2. The van der Waals surface area contributed by atoms with Crippen LogP contribution in [-0.4, -0.2) is 37.3 Å². The molecule has 0 aliphatic carbocycles. The van der Waals surface area contributed by atoms with Crippen LogP contribution < -0.4 is 59.1 Å². The normalized spacial score (nSPS) is 14.8. The van der Waals surface area contributed by atoms with E-state index in [4.69, 9.17) is 27.2 Å². The second-order valence-electron chi connectivity index (χ2n) is 0.859. The Morgan fingerprint density at radius 1 is 1.00 bits per heavy atom. The van der Waals surface area contributed by atoms with E-state index in [-0.39, 0.29) is 59.1 Å². The number of aliphatic hydroxyl groups excluding tert-OH is 1. The number of rotatable bonds is 2. The monoisotopic (exact) mass is 270 g/mol. The van der Waals surface area contributed by atoms with Crippen LogP contribution in [0.1, 0.15) is 0 Å². The van der Waals surface area contributed by atoms with E-state index in [1.165, 1.54) is 0 Å². The fourth-order valence-corrected chi connectivity index (χ4v) is 0. The van der Waals surface area contributed by atoms with Gasteiger partial charge in [0, 0.05) is 20.2 Å². The minimum atomic E-state index is -2.95. The first-order valence-corrected chi connectivity index (χ1v) is 5.73. The van der Waals surface area contributed by atoms with E-state index in [2.05, 4.69) is 0 Å². The molecule has 3 atom stereocenters. The second kappa shape index (κ2) is 16.7. The van der Waals surface area contributed by atoms with E-state index in [0.717, 1.165) is 0 Å². The molecule has 12 heteroatoms. The Labute approximate surface area is 126 Å². The third-order valence-corrected chi connectivity index (χ3v) is 1.33. The van der Waals surface area contributed by atoms with Gasteiger partial charge in [-0.1, -0.05) is 0 Å². The maximum absolute atomic E-state index is 9.23. The van der Waals surface area contributed by atoms with Crippen molar-refractivity contribution in [1.82, 2.24) is 0 Å². The van der Waals surface area contributed by atoms with Crippen LogP contribution in [0.4, 0.5) is 0 Å². The third-order valence-electron chi connectivity index (χ3n) is 0.222. The van der Waals surface area contributed by atoms with Crippen LogP contribution in [0.25, 0.3) is 0 Å². The fraction of sp³-hybridized carbons (Fsp3) is 1.00. The molecule has 0 aliphatic heterocycles. The molecule has 0 bridgehead atoms. The molecule has 0 saturated heterocycles. The van der Waals surface area contributed by atoms with Gasteiger partial charge in [0.15, 0.2) is 11.1 Å². The zero-order valence-corrected chi connectivity index (χ0v) is 13.3. The summed E-state index contributed by atoms with van der Waals surface area (Å²) in [5.74, 6) is -0.667. The Hall–Kier alpha value is 2.29. The minimum Gasteiger partial charge on any atom is -0.763 e. The van der Waals surface area contributed by atoms with Gasteiger partial charge in [-0.2, -0.15) is 0 Å². The van der Waals surface area contributed by atoms with Gasteiger partial charge in [-0.3, -0.25) is 8.42 Å². The van der Waals surface area contributed by atoms with Crippen molar-refractivity contribution in [2.75, 3.05) is 5.94 Å². The third kappa shape index (κ3) is 31.4. The quantitative estimate of drug-likeness (QED) is 0.288. The Bertz CT molecular complexity index is 159. The van der Waals surface area contributed by atoms with Gasteiger partial charge < -0.3 is 18.8 Å². The summed E-state index contributed by atoms with van der Waals surface area (Å²) in [6.07, 6.45) is 0. The van der Waals surface area contributed by atoms with Crippen molar-refractivity contribution in [3.63, 3.8) is 0 Å². The van der Waals surface area contributed by atoms with Crippen molar-refractivity contribution in [2.24, 2.45) is 0 Å². The summed E-state index contributed by atoms with van der Waals surface area (Å²) in [6.45, 7) is 0. The molecule has 0 rings (SSSR count). The molecule has 0 saturated carbocycles. The van der Waals surface area contributed by atoms with Crippen LogP contribution in [0, 0.1) is 0 Å². The molecule has 13 heavy (non-hydrogen) atoms. The van der Waals surface area contributed by atoms with Crippen LogP contribution in [0.15, 0.2) is 0 Å². The maximum atomic E-state index is 9.23. The largest absolute Gasteiger partial charge is 1.00 e. The SMILES string of the molecule is O=S(O)CO.O=S([O-])S(=O)[O-].[Na+].[Na+]. The molecular formula is CH4Na2O7S3. The van der Waals surface area contributed by atoms with Crippen molar-refractivity contribution in [1.29, 1.82) is 0 Å². The summed E-state index contributed by atoms with van der Waals surface area (Å²) in [5.41, 5.74) is 0. The molecule has 7 nitrogen and oxygen atoms in total. The van der Waals surface area contributed by atoms with E-state index in [1.54, 1.807) is 0 Å². The first kappa shape index (κ1) is 24.5. The Morgan fingerprint density at radius 3 is 1.15 bits per heavy atom. The van der Waals surface area contributed by atoms with Gasteiger partial charge in [-0.05, 0) is 0 Å². The number of hydrogen-bond acceptors (Lipinski definition) is 6. The van der Waals surface area contributed by atoms with Crippen LogP contribution >= 0.6 is 0 Å². The summed E-state index contributed by atoms with van der Waals surface area (Å²) in [5, 5.41) is 7.59. The zero-order chi connectivity index (χ0) is 9.44. The average molecular weight is 270 g/mol. The van der Waals surface area contributed by atoms with Crippen LogP contribution in [0.2, 0.25) is 0 Å². The van der Waals surface area contributed by atoms with Gasteiger partial charge >= 0.3 is 59.1 Å². The minimum absolute atomic E-state index is 0. The molecule has 2 N–H and O–H groups in total. The topological polar surface area (TPSA) is 138 Å². The van der Waals surface area contributed by atoms with Crippen molar-refractivity contribution in [3.05, 3.63) is 0 Å². The summed E-state index contributed by atoms with van der Waals surface area (Å²) in [6, 6.07) is 0. The van der Waals surface area contributed by atoms with E-state index >= 15 is 0 Å². The van der Waals surface area contributed by atoms with Gasteiger partial charge in [0.1, 0.15) is 5.94 Å². The molecule has 0 fully saturated rings. The molecule has 0 aliphatic rings. The van der Waals surface area contributed by atoms with Crippen molar-refractivity contribution < 1.29 is 90.5 Å². The van der Waals surface area contributed by atoms with Crippen LogP contribution in [-0.2, 0) is 31.3 Å². The average Bonchev–Trinajstić information content (AvgIpc) is 1.89. The summed E-state index contributed by atoms with van der Waals surface area (Å²) in [4.78, 5) is 0. The summed E-state index contributed by atoms with van der Waals surface area (Å²) in [7, 11) is -5.90. The first-order valence-electron chi connectivity index (χ1n) is 1.79. The smallest absolute Gasteiger partial charge is 0.763 e. The number of aliphatic hydroxyl groups is 1. The molecule has 0 heterocycles. The maximum Gasteiger partial charge on any atom is 1.00 e. The van der Waals surface area contributed by atoms with Crippen LogP contribution in [0.5, 0.6) is 0 Å². The van der Waals surface area contributed by atoms with E-state index in [1.807, 2.05) is 0 Å². The predicted octanol–water partition coefficient (Wildman–Crippen LogP) is -8.17. The predicted molar refractivity (Wildman–Crippen MR) is 35.7 cm³/mol. The molecule has 70 valence electrons. The molecule has 0 radical (unpaired) electrons. The van der Waals surface area contributed by atoms with Gasteiger partial charge in [-0.15, -0.1) is 0 Å². The second-order valence-corrected chi connectivity index (χ2v) is 4.21.